The molecule has 0 bridgehead atoms. The molecular formula is C18H23N2NaO5. The van der Waals surface area contributed by atoms with Gasteiger partial charge in [0.1, 0.15) is 6.02 Å². The Hall–Kier alpha value is -1.41. The van der Waals surface area contributed by atoms with Crippen LogP contribution in [-0.4, -0.2) is 52.5 Å². The van der Waals surface area contributed by atoms with Gasteiger partial charge in [0, 0.05) is 15.3 Å². The Morgan fingerprint density at radius 1 is 1.50 bits per heavy atom. The third kappa shape index (κ3) is 6.09. The first-order valence-electron chi connectivity index (χ1n) is 10.5. The predicted molar refractivity (Wildman–Crippen MR) is 88.5 cm³/mol. The Kier molecular flexibility index (Phi) is 6.41. The number of rotatable bonds is 8. The Morgan fingerprint density at radius 2 is 2.23 bits per heavy atom. The number of nitrogens with zero attached hydrogens (tertiary/aromatic N) is 1. The molecule has 7 nitrogen and oxygen atoms in total. The summed E-state index contributed by atoms with van der Waals surface area (Å²) in [5.74, 6) is -4.22. The van der Waals surface area contributed by atoms with Crippen LogP contribution in [0.15, 0.2) is 30.3 Å². The van der Waals surface area contributed by atoms with Crippen molar-refractivity contribution in [2.45, 2.75) is 50.6 Å². The van der Waals surface area contributed by atoms with Crippen LogP contribution in [0.5, 0.6) is 0 Å². The second-order valence-corrected chi connectivity index (χ2v) is 5.75. The van der Waals surface area contributed by atoms with Gasteiger partial charge in [0.2, 0.25) is 5.91 Å². The zero-order valence-corrected chi connectivity index (χ0v) is 16.6. The standard InChI is InChI=1S/C18H24N2O5.Na/c1-12(16(21)20-11-5-8-15(20)18(24)25)19-14(17(22)23)10-9-13-6-3-2-4-7-13;/h2-4,6-7,12,14-15,19H,5,8-11H2,1H3,(H,22,23)(H,24,25);/q;+1/p-1/t12-,14-,15-;/m0./s1/i1D2,12D,15D;/hD. The molecule has 0 saturated carbocycles. The maximum Gasteiger partial charge on any atom is 1.00 e. The molecule has 1 amide bonds. The molecule has 1 saturated heterocycles. The van der Waals surface area contributed by atoms with E-state index >= 15 is 0 Å². The van der Waals surface area contributed by atoms with E-state index < -0.39 is 42.8 Å². The monoisotopic (exact) mass is 375 g/mol. The summed E-state index contributed by atoms with van der Waals surface area (Å²) in [6, 6.07) is 2.29. The molecule has 0 aromatic heterocycles. The normalized spacial score (nSPS) is 25.4. The summed E-state index contributed by atoms with van der Waals surface area (Å²) in [6.45, 7) is -2.31. The van der Waals surface area contributed by atoms with E-state index in [-0.39, 0.29) is 61.8 Å². The molecular weight excluding hydrogens is 347 g/mol. The minimum atomic E-state index is -2.78. The van der Waals surface area contributed by atoms with Crippen molar-refractivity contribution >= 4 is 17.8 Å². The molecule has 0 spiro atoms. The van der Waals surface area contributed by atoms with E-state index in [1.165, 1.54) is 0 Å². The fourth-order valence-electron chi connectivity index (χ4n) is 2.71. The van der Waals surface area contributed by atoms with Gasteiger partial charge in [-0.2, -0.15) is 0 Å². The van der Waals surface area contributed by atoms with Crippen LogP contribution in [0.1, 0.15) is 37.2 Å². The van der Waals surface area contributed by atoms with E-state index in [2.05, 4.69) is 10.4 Å². The van der Waals surface area contributed by atoms with Crippen LogP contribution in [0.3, 0.4) is 0 Å². The van der Waals surface area contributed by atoms with Gasteiger partial charge in [-0.1, -0.05) is 30.3 Å². The SMILES string of the molecule is [2H]OC(=O)[C@]1([2H])CCCN1C(=O)[C@@]([2H])(N[C@@H](CCc1ccccc1)C(=O)[O-])C([2H])[2H].[Na+]. The summed E-state index contributed by atoms with van der Waals surface area (Å²) in [4.78, 5) is 37.1. The molecule has 8 heteroatoms. The molecule has 1 aliphatic rings. The number of benzene rings is 1. The molecule has 1 aliphatic heterocycles. The zero-order chi connectivity index (χ0) is 22.5. The van der Waals surface area contributed by atoms with Crippen LogP contribution in [0.25, 0.3) is 1.43 Å². The number of amides is 1. The first kappa shape index (κ1) is 15.6. The molecule has 0 unspecified atom stereocenters. The van der Waals surface area contributed by atoms with Gasteiger partial charge in [-0.05, 0) is 38.1 Å². The third-order valence-electron chi connectivity index (χ3n) is 4.01. The Morgan fingerprint density at radius 3 is 2.85 bits per heavy atom. The molecule has 0 radical (unpaired) electrons. The molecule has 3 atom stereocenters. The van der Waals surface area contributed by atoms with Gasteiger partial charge in [-0.3, -0.25) is 10.1 Å². The van der Waals surface area contributed by atoms with Crippen molar-refractivity contribution in [2.75, 3.05) is 6.54 Å². The summed E-state index contributed by atoms with van der Waals surface area (Å²) in [5.41, 5.74) is 0.809. The minimum Gasteiger partial charge on any atom is -0.548 e. The second kappa shape index (κ2) is 10.7. The number of carboxylic acids is 2. The van der Waals surface area contributed by atoms with Gasteiger partial charge in [0.25, 0.3) is 1.43 Å². The van der Waals surface area contributed by atoms with Crippen molar-refractivity contribution in [3.8, 4) is 0 Å². The van der Waals surface area contributed by atoms with Gasteiger partial charge in [-0.15, -0.1) is 0 Å². The quantitative estimate of drug-likeness (QED) is 0.463. The van der Waals surface area contributed by atoms with Crippen LogP contribution in [0, 0.1) is 0 Å². The number of hydrogen-bond acceptors (Lipinski definition) is 6. The van der Waals surface area contributed by atoms with E-state index in [1.807, 2.05) is 0 Å². The number of aryl methyl sites for hydroxylation is 1. The van der Waals surface area contributed by atoms with Crippen LogP contribution >= 0.6 is 0 Å². The number of carboxylic acid groups (broad SMARTS) is 2. The molecule has 0 aliphatic carbocycles. The van der Waals surface area contributed by atoms with E-state index in [1.54, 1.807) is 30.3 Å². The number of carbonyl (C=O) groups excluding carboxylic acids is 2. The molecule has 1 heterocycles. The fourth-order valence-corrected chi connectivity index (χ4v) is 2.71. The summed E-state index contributed by atoms with van der Waals surface area (Å²) >= 11 is 0. The van der Waals surface area contributed by atoms with Crippen molar-refractivity contribution < 1.29 is 59.6 Å². The topological polar surface area (TPSA) is 110 Å². The van der Waals surface area contributed by atoms with Crippen LogP contribution in [-0.2, 0) is 20.8 Å². The number of likely N-dealkylation sites (tertiary alicyclic amines) is 1. The summed E-state index contributed by atoms with van der Waals surface area (Å²) in [5, 5.41) is 17.7. The summed E-state index contributed by atoms with van der Waals surface area (Å²) in [7, 11) is 0. The van der Waals surface area contributed by atoms with E-state index in [0.717, 1.165) is 5.56 Å². The average molecular weight is 375 g/mol. The zero-order valence-electron chi connectivity index (χ0n) is 19.6. The number of hydrogen-bond donors (Lipinski definition) is 2. The maximum atomic E-state index is 13.0. The van der Waals surface area contributed by atoms with Crippen LogP contribution < -0.4 is 40.0 Å². The van der Waals surface area contributed by atoms with Gasteiger partial charge < -0.3 is 19.9 Å². The van der Waals surface area contributed by atoms with Gasteiger partial charge in [0.15, 0.2) is 0 Å². The second-order valence-electron chi connectivity index (χ2n) is 5.75. The Balaban J connectivity index is 0.00000480. The first-order chi connectivity index (χ1) is 14.1. The predicted octanol–water partition coefficient (Wildman–Crippen LogP) is -3.20. The molecule has 2 rings (SSSR count). The molecule has 26 heavy (non-hydrogen) atoms. The smallest absolute Gasteiger partial charge is 0.548 e. The average Bonchev–Trinajstić information content (AvgIpc) is 3.12. The fraction of sp³-hybridized carbons (Fsp3) is 0.500. The Bertz CT molecular complexity index is 790. The number of carbonyl (C=O) groups is 3. The van der Waals surface area contributed by atoms with Gasteiger partial charge in [0.05, 0.1) is 14.7 Å². The molecule has 2 N–H and O–H groups in total. The third-order valence-corrected chi connectivity index (χ3v) is 4.01. The van der Waals surface area contributed by atoms with Crippen molar-refractivity contribution in [3.05, 3.63) is 35.9 Å². The van der Waals surface area contributed by atoms with Crippen LogP contribution in [0.4, 0.5) is 0 Å². The van der Waals surface area contributed by atoms with Crippen molar-refractivity contribution in [2.24, 2.45) is 0 Å². The van der Waals surface area contributed by atoms with Gasteiger partial charge >= 0.3 is 35.5 Å². The first-order valence-corrected chi connectivity index (χ1v) is 7.93. The maximum absolute atomic E-state index is 13.0. The van der Waals surface area contributed by atoms with E-state index in [9.17, 15) is 19.5 Å². The molecule has 136 valence electrons. The van der Waals surface area contributed by atoms with Crippen molar-refractivity contribution in [1.29, 1.82) is 1.43 Å². The van der Waals surface area contributed by atoms with Gasteiger partial charge in [-0.25, -0.2) is 4.79 Å². The van der Waals surface area contributed by atoms with E-state index in [0.29, 0.717) is 4.90 Å². The number of nitrogens with one attached hydrogen (secondary N) is 1. The van der Waals surface area contributed by atoms with Crippen molar-refractivity contribution in [3.63, 3.8) is 0 Å². The molecule has 1 aromatic rings. The van der Waals surface area contributed by atoms with Crippen molar-refractivity contribution in [1.82, 2.24) is 10.2 Å². The molecule has 1 aromatic carbocycles. The summed E-state index contributed by atoms with van der Waals surface area (Å²) < 4.78 is 38.7. The summed E-state index contributed by atoms with van der Waals surface area (Å²) in [6.07, 6.45) is 0.257. The Labute approximate surface area is 182 Å². The van der Waals surface area contributed by atoms with Crippen LogP contribution in [0.2, 0.25) is 0 Å². The van der Waals surface area contributed by atoms with E-state index in [4.69, 9.17) is 6.91 Å². The number of aliphatic carboxylic acids is 2. The minimum absolute atomic E-state index is 0. The molecule has 1 fully saturated rings. The largest absolute Gasteiger partial charge is 1.00 e.